The maximum atomic E-state index is 12.5. The Morgan fingerprint density at radius 1 is 1.17 bits per heavy atom. The molecule has 29 heavy (non-hydrogen) atoms. The van der Waals surface area contributed by atoms with Crippen molar-refractivity contribution < 1.29 is 14.7 Å². The van der Waals surface area contributed by atoms with Crippen LogP contribution in [0.4, 0.5) is 5.69 Å². The highest BCUT2D eigenvalue weighted by Gasteiger charge is 2.15. The molecule has 0 unspecified atom stereocenters. The largest absolute Gasteiger partial charge is 0.481 e. The van der Waals surface area contributed by atoms with Crippen molar-refractivity contribution >= 4 is 28.6 Å². The van der Waals surface area contributed by atoms with Crippen LogP contribution in [0.15, 0.2) is 42.6 Å². The number of carboxylic acid groups (broad SMARTS) is 1. The number of aromatic amines is 2. The van der Waals surface area contributed by atoms with E-state index in [1.54, 1.807) is 12.3 Å². The predicted octanol–water partition coefficient (Wildman–Crippen LogP) is 3.45. The molecule has 0 aliphatic carbocycles. The zero-order valence-electron chi connectivity index (χ0n) is 15.9. The molecule has 0 spiro atoms. The Labute approximate surface area is 166 Å². The van der Waals surface area contributed by atoms with Crippen LogP contribution in [0.3, 0.4) is 0 Å². The van der Waals surface area contributed by atoms with Crippen molar-refractivity contribution in [2.75, 3.05) is 5.32 Å². The molecule has 3 aromatic heterocycles. The third kappa shape index (κ3) is 3.73. The van der Waals surface area contributed by atoms with Crippen LogP contribution in [0.1, 0.15) is 27.3 Å². The number of rotatable bonds is 5. The molecule has 3 heterocycles. The number of aromatic nitrogens is 4. The minimum Gasteiger partial charge on any atom is -0.481 e. The fourth-order valence-corrected chi connectivity index (χ4v) is 3.16. The minimum atomic E-state index is -0.872. The summed E-state index contributed by atoms with van der Waals surface area (Å²) in [5.41, 5.74) is 5.66. The third-order valence-corrected chi connectivity index (χ3v) is 4.79. The monoisotopic (exact) mass is 389 g/mol. The number of carbonyl (C=O) groups is 2. The number of nitrogens with one attached hydrogen (secondary N) is 3. The van der Waals surface area contributed by atoms with Crippen LogP contribution >= 0.6 is 0 Å². The van der Waals surface area contributed by atoms with Gasteiger partial charge in [0.25, 0.3) is 5.91 Å². The van der Waals surface area contributed by atoms with E-state index >= 15 is 0 Å². The molecular formula is C21H19N5O3. The van der Waals surface area contributed by atoms with Gasteiger partial charge in [0.2, 0.25) is 0 Å². The summed E-state index contributed by atoms with van der Waals surface area (Å²) < 4.78 is 0. The molecule has 0 bridgehead atoms. The number of H-pyrrole nitrogens is 2. The Morgan fingerprint density at radius 3 is 2.72 bits per heavy atom. The summed E-state index contributed by atoms with van der Waals surface area (Å²) in [5, 5.41) is 19.5. The lowest BCUT2D eigenvalue weighted by atomic mass is 10.1. The lowest BCUT2D eigenvalue weighted by Gasteiger charge is -2.03. The van der Waals surface area contributed by atoms with Crippen molar-refractivity contribution in [1.29, 1.82) is 0 Å². The van der Waals surface area contributed by atoms with Gasteiger partial charge in [-0.1, -0.05) is 18.2 Å². The van der Waals surface area contributed by atoms with E-state index in [4.69, 9.17) is 5.11 Å². The Kier molecular flexibility index (Phi) is 4.59. The first-order valence-electron chi connectivity index (χ1n) is 9.03. The van der Waals surface area contributed by atoms with E-state index in [9.17, 15) is 9.59 Å². The van der Waals surface area contributed by atoms with Gasteiger partial charge in [-0.2, -0.15) is 5.10 Å². The highest BCUT2D eigenvalue weighted by Crippen LogP contribution is 2.26. The van der Waals surface area contributed by atoms with Gasteiger partial charge in [-0.25, -0.2) is 4.98 Å². The van der Waals surface area contributed by atoms with E-state index in [1.165, 1.54) is 0 Å². The molecule has 0 fully saturated rings. The molecular weight excluding hydrogens is 370 g/mol. The van der Waals surface area contributed by atoms with Crippen LogP contribution in [0, 0.1) is 13.8 Å². The highest BCUT2D eigenvalue weighted by molar-refractivity contribution is 6.04. The van der Waals surface area contributed by atoms with Gasteiger partial charge in [-0.05, 0) is 43.2 Å². The molecule has 0 saturated carbocycles. The molecule has 1 aromatic carbocycles. The number of hydrogen-bond donors (Lipinski definition) is 4. The van der Waals surface area contributed by atoms with Gasteiger partial charge in [0.1, 0.15) is 5.65 Å². The van der Waals surface area contributed by atoms with Crippen LogP contribution in [0.25, 0.3) is 22.3 Å². The molecule has 146 valence electrons. The molecule has 4 rings (SSSR count). The first kappa shape index (κ1) is 18.4. The van der Waals surface area contributed by atoms with Crippen LogP contribution in [0.5, 0.6) is 0 Å². The summed E-state index contributed by atoms with van der Waals surface area (Å²) in [4.78, 5) is 31.0. The maximum Gasteiger partial charge on any atom is 0.307 e. The molecule has 0 atom stereocenters. The van der Waals surface area contributed by atoms with Gasteiger partial charge < -0.3 is 15.4 Å². The molecule has 0 aliphatic heterocycles. The summed E-state index contributed by atoms with van der Waals surface area (Å²) in [6, 6.07) is 11.1. The standard InChI is InChI=1S/C21H19N5O3/c1-11-12(2)25-26-19(11)21(29)23-16-8-15-9-17(24-20(15)22-10-16)14-5-3-4-13(6-14)7-18(27)28/h3-6,8-10H,7H2,1-2H3,(H,22,24)(H,23,29)(H,25,26)(H,27,28). The predicted molar refractivity (Wildman–Crippen MR) is 109 cm³/mol. The number of hydrogen-bond acceptors (Lipinski definition) is 4. The second kappa shape index (κ2) is 7.23. The minimum absolute atomic E-state index is 0.0332. The smallest absolute Gasteiger partial charge is 0.307 e. The van der Waals surface area contributed by atoms with Gasteiger partial charge in [0.05, 0.1) is 18.3 Å². The summed E-state index contributed by atoms with van der Waals surface area (Å²) in [7, 11) is 0. The number of benzene rings is 1. The van der Waals surface area contributed by atoms with Gasteiger partial charge >= 0.3 is 5.97 Å². The topological polar surface area (TPSA) is 124 Å². The Hall–Kier alpha value is -3.94. The van der Waals surface area contributed by atoms with Crippen LogP contribution < -0.4 is 5.32 Å². The quantitative estimate of drug-likeness (QED) is 0.416. The van der Waals surface area contributed by atoms with E-state index in [1.807, 2.05) is 44.2 Å². The van der Waals surface area contributed by atoms with Crippen molar-refractivity contribution in [1.82, 2.24) is 20.2 Å². The van der Waals surface area contributed by atoms with Crippen molar-refractivity contribution in [3.05, 3.63) is 65.1 Å². The molecule has 8 nitrogen and oxygen atoms in total. The fraction of sp³-hybridized carbons (Fsp3) is 0.143. The van der Waals surface area contributed by atoms with E-state index in [0.717, 1.165) is 33.5 Å². The normalized spacial score (nSPS) is 11.0. The maximum absolute atomic E-state index is 12.5. The van der Waals surface area contributed by atoms with E-state index in [2.05, 4.69) is 25.5 Å². The SMILES string of the molecule is Cc1[nH]nc(C(=O)Nc2cnc3[nH]c(-c4cccc(CC(=O)O)c4)cc3c2)c1C. The molecule has 0 saturated heterocycles. The summed E-state index contributed by atoms with van der Waals surface area (Å²) in [6.07, 6.45) is 1.55. The second-order valence-electron chi connectivity index (χ2n) is 6.89. The van der Waals surface area contributed by atoms with Crippen LogP contribution in [-0.4, -0.2) is 37.1 Å². The van der Waals surface area contributed by atoms with Crippen molar-refractivity contribution in [2.45, 2.75) is 20.3 Å². The first-order valence-corrected chi connectivity index (χ1v) is 9.03. The van der Waals surface area contributed by atoms with Crippen LogP contribution in [-0.2, 0) is 11.2 Å². The molecule has 0 radical (unpaired) electrons. The zero-order valence-corrected chi connectivity index (χ0v) is 15.9. The number of amides is 1. The lowest BCUT2D eigenvalue weighted by molar-refractivity contribution is -0.136. The number of aryl methyl sites for hydroxylation is 1. The van der Waals surface area contributed by atoms with Crippen molar-refractivity contribution in [3.8, 4) is 11.3 Å². The molecule has 1 amide bonds. The number of nitrogens with zero attached hydrogens (tertiary/aromatic N) is 2. The Morgan fingerprint density at radius 2 is 2.00 bits per heavy atom. The van der Waals surface area contributed by atoms with Crippen molar-refractivity contribution in [3.63, 3.8) is 0 Å². The van der Waals surface area contributed by atoms with Gasteiger partial charge in [0, 0.05) is 22.3 Å². The number of pyridine rings is 1. The average Bonchev–Trinajstić information content (AvgIpc) is 3.25. The number of carboxylic acids is 1. The second-order valence-corrected chi connectivity index (χ2v) is 6.89. The molecule has 8 heteroatoms. The van der Waals surface area contributed by atoms with E-state index < -0.39 is 5.97 Å². The number of fused-ring (bicyclic) bond motifs is 1. The first-order chi connectivity index (χ1) is 13.9. The van der Waals surface area contributed by atoms with Crippen molar-refractivity contribution in [2.24, 2.45) is 0 Å². The van der Waals surface area contributed by atoms with E-state index in [0.29, 0.717) is 17.0 Å². The van der Waals surface area contributed by atoms with Crippen LogP contribution in [0.2, 0.25) is 0 Å². The van der Waals surface area contributed by atoms with Gasteiger partial charge in [-0.3, -0.25) is 14.7 Å². The molecule has 0 aliphatic rings. The molecule has 4 aromatic rings. The highest BCUT2D eigenvalue weighted by atomic mass is 16.4. The summed E-state index contributed by atoms with van der Waals surface area (Å²) in [6.45, 7) is 3.70. The lowest BCUT2D eigenvalue weighted by Crippen LogP contribution is -2.13. The van der Waals surface area contributed by atoms with Gasteiger partial charge in [0.15, 0.2) is 5.69 Å². The Bertz CT molecular complexity index is 1240. The average molecular weight is 389 g/mol. The number of carbonyl (C=O) groups excluding carboxylic acids is 1. The summed E-state index contributed by atoms with van der Waals surface area (Å²) in [5.74, 6) is -1.17. The number of aliphatic carboxylic acids is 1. The zero-order chi connectivity index (χ0) is 20.5. The Balaban J connectivity index is 1.60. The molecule has 4 N–H and O–H groups in total. The number of anilines is 1. The van der Waals surface area contributed by atoms with Gasteiger partial charge in [-0.15, -0.1) is 0 Å². The fourth-order valence-electron chi connectivity index (χ4n) is 3.16. The third-order valence-electron chi connectivity index (χ3n) is 4.79. The van der Waals surface area contributed by atoms with E-state index in [-0.39, 0.29) is 12.3 Å². The summed E-state index contributed by atoms with van der Waals surface area (Å²) >= 11 is 0.